The Morgan fingerprint density at radius 2 is 2.14 bits per heavy atom. The summed E-state index contributed by atoms with van der Waals surface area (Å²) in [7, 11) is 1.33. The van der Waals surface area contributed by atoms with Gasteiger partial charge in [-0.3, -0.25) is 0 Å². The first-order chi connectivity index (χ1) is 6.69. The fourth-order valence-corrected chi connectivity index (χ4v) is 1.11. The Morgan fingerprint density at radius 1 is 1.43 bits per heavy atom. The van der Waals surface area contributed by atoms with E-state index >= 15 is 0 Å². The van der Waals surface area contributed by atoms with Crippen LogP contribution in [-0.2, 0) is 0 Å². The van der Waals surface area contributed by atoms with Gasteiger partial charge in [0.1, 0.15) is 5.82 Å². The fraction of sp³-hybridized carbons (Fsp3) is 0.200. The largest absolute Gasteiger partial charge is 0.493 e. The summed E-state index contributed by atoms with van der Waals surface area (Å²) in [5.41, 5.74) is 5.57. The topological polar surface area (TPSA) is 35.2 Å². The van der Waals surface area contributed by atoms with Crippen molar-refractivity contribution in [1.82, 2.24) is 0 Å². The van der Waals surface area contributed by atoms with E-state index in [4.69, 9.17) is 10.5 Å². The van der Waals surface area contributed by atoms with Crippen LogP contribution >= 0.6 is 0 Å². The van der Waals surface area contributed by atoms with Gasteiger partial charge in [-0.1, -0.05) is 12.2 Å². The second kappa shape index (κ2) is 4.72. The van der Waals surface area contributed by atoms with Gasteiger partial charge in [0.15, 0.2) is 11.6 Å². The first-order valence-corrected chi connectivity index (χ1v) is 4.08. The van der Waals surface area contributed by atoms with Crippen molar-refractivity contribution in [1.29, 1.82) is 0 Å². The predicted octanol–water partition coefficient (Wildman–Crippen LogP) is 1.95. The van der Waals surface area contributed by atoms with Crippen molar-refractivity contribution >= 4 is 6.08 Å². The van der Waals surface area contributed by atoms with Crippen LogP contribution in [0.4, 0.5) is 8.78 Å². The molecular weight excluding hydrogens is 188 g/mol. The van der Waals surface area contributed by atoms with Crippen LogP contribution in [0.25, 0.3) is 6.08 Å². The molecule has 0 heterocycles. The third-order valence-corrected chi connectivity index (χ3v) is 1.67. The SMILES string of the molecule is COc1c(F)cc(F)cc1C=CCN. The van der Waals surface area contributed by atoms with E-state index in [-0.39, 0.29) is 5.75 Å². The molecule has 0 aliphatic carbocycles. The Morgan fingerprint density at radius 3 is 2.71 bits per heavy atom. The van der Waals surface area contributed by atoms with Gasteiger partial charge in [-0.05, 0) is 6.07 Å². The lowest BCUT2D eigenvalue weighted by Crippen LogP contribution is -1.95. The molecule has 76 valence electrons. The van der Waals surface area contributed by atoms with Crippen molar-refractivity contribution in [3.63, 3.8) is 0 Å². The highest BCUT2D eigenvalue weighted by Crippen LogP contribution is 2.24. The number of ether oxygens (including phenoxy) is 1. The van der Waals surface area contributed by atoms with E-state index in [2.05, 4.69) is 0 Å². The van der Waals surface area contributed by atoms with Crippen molar-refractivity contribution in [2.45, 2.75) is 0 Å². The van der Waals surface area contributed by atoms with Gasteiger partial charge in [0.2, 0.25) is 0 Å². The number of hydrogen-bond acceptors (Lipinski definition) is 2. The van der Waals surface area contributed by atoms with E-state index in [0.29, 0.717) is 12.1 Å². The third kappa shape index (κ3) is 2.29. The molecule has 0 fully saturated rings. The van der Waals surface area contributed by atoms with Crippen molar-refractivity contribution in [3.8, 4) is 5.75 Å². The summed E-state index contributed by atoms with van der Waals surface area (Å²) >= 11 is 0. The number of rotatable bonds is 3. The average Bonchev–Trinajstić information content (AvgIpc) is 2.14. The van der Waals surface area contributed by atoms with E-state index in [0.717, 1.165) is 6.07 Å². The summed E-state index contributed by atoms with van der Waals surface area (Å²) in [6, 6.07) is 1.96. The minimum Gasteiger partial charge on any atom is -0.493 e. The molecule has 0 aliphatic heterocycles. The normalized spacial score (nSPS) is 10.9. The molecule has 0 atom stereocenters. The molecule has 1 aromatic rings. The van der Waals surface area contributed by atoms with Crippen molar-refractivity contribution in [2.24, 2.45) is 5.73 Å². The maximum atomic E-state index is 13.1. The Bertz CT molecular complexity index is 350. The molecule has 0 aliphatic rings. The third-order valence-electron chi connectivity index (χ3n) is 1.67. The lowest BCUT2D eigenvalue weighted by molar-refractivity contribution is 0.383. The number of benzene rings is 1. The van der Waals surface area contributed by atoms with Gasteiger partial charge in [-0.2, -0.15) is 0 Å². The minimum absolute atomic E-state index is 0.0242. The Kier molecular flexibility index (Phi) is 3.59. The average molecular weight is 199 g/mol. The quantitative estimate of drug-likeness (QED) is 0.807. The molecule has 0 saturated heterocycles. The molecule has 0 saturated carbocycles. The summed E-state index contributed by atoms with van der Waals surface area (Å²) in [4.78, 5) is 0. The number of halogens is 2. The number of hydrogen-bond donors (Lipinski definition) is 1. The van der Waals surface area contributed by atoms with Crippen LogP contribution < -0.4 is 10.5 Å². The molecule has 0 spiro atoms. The highest BCUT2D eigenvalue weighted by atomic mass is 19.1. The van der Waals surface area contributed by atoms with Gasteiger partial charge in [-0.25, -0.2) is 8.78 Å². The van der Waals surface area contributed by atoms with Crippen LogP contribution in [0, 0.1) is 11.6 Å². The molecule has 1 rings (SSSR count). The first-order valence-electron chi connectivity index (χ1n) is 4.08. The lowest BCUT2D eigenvalue weighted by Gasteiger charge is -2.05. The van der Waals surface area contributed by atoms with Crippen LogP contribution in [-0.4, -0.2) is 13.7 Å². The van der Waals surface area contributed by atoms with Crippen molar-refractivity contribution in [3.05, 3.63) is 35.4 Å². The van der Waals surface area contributed by atoms with Crippen molar-refractivity contribution in [2.75, 3.05) is 13.7 Å². The highest BCUT2D eigenvalue weighted by molar-refractivity contribution is 5.57. The van der Waals surface area contributed by atoms with Crippen LogP contribution in [0.5, 0.6) is 5.75 Å². The minimum atomic E-state index is -0.718. The molecule has 1 aromatic carbocycles. The van der Waals surface area contributed by atoms with Crippen LogP contribution in [0.1, 0.15) is 5.56 Å². The summed E-state index contributed by atoms with van der Waals surface area (Å²) in [6.45, 7) is 0.307. The van der Waals surface area contributed by atoms with Crippen LogP contribution in [0.2, 0.25) is 0 Å². The molecule has 0 aromatic heterocycles. The number of methoxy groups -OCH3 is 1. The highest BCUT2D eigenvalue weighted by Gasteiger charge is 2.09. The van der Waals surface area contributed by atoms with Gasteiger partial charge < -0.3 is 10.5 Å². The molecule has 0 unspecified atom stereocenters. The zero-order chi connectivity index (χ0) is 10.6. The predicted molar refractivity (Wildman–Crippen MR) is 51.0 cm³/mol. The van der Waals surface area contributed by atoms with Crippen molar-refractivity contribution < 1.29 is 13.5 Å². The molecule has 4 heteroatoms. The van der Waals surface area contributed by atoms with E-state index in [1.807, 2.05) is 0 Å². The standard InChI is InChI=1S/C10H11F2NO/c1-14-10-7(3-2-4-13)5-8(11)6-9(10)12/h2-3,5-6H,4,13H2,1H3. The maximum Gasteiger partial charge on any atom is 0.168 e. The number of nitrogens with two attached hydrogens (primary N) is 1. The fourth-order valence-electron chi connectivity index (χ4n) is 1.11. The molecular formula is C10H11F2NO. The molecule has 0 bridgehead atoms. The maximum absolute atomic E-state index is 13.1. The molecule has 0 amide bonds. The smallest absolute Gasteiger partial charge is 0.168 e. The first kappa shape index (κ1) is 10.7. The summed E-state index contributed by atoms with van der Waals surface area (Å²) < 4.78 is 30.7. The van der Waals surface area contributed by atoms with Crippen LogP contribution in [0.3, 0.4) is 0 Å². The Labute approximate surface area is 81.0 Å². The van der Waals surface area contributed by atoms with Gasteiger partial charge in [0.05, 0.1) is 7.11 Å². The Hall–Kier alpha value is -1.42. The monoisotopic (exact) mass is 199 g/mol. The van der Waals surface area contributed by atoms with Gasteiger partial charge in [0.25, 0.3) is 0 Å². The molecule has 2 N–H and O–H groups in total. The zero-order valence-corrected chi connectivity index (χ0v) is 7.76. The van der Waals surface area contributed by atoms with Crippen LogP contribution in [0.15, 0.2) is 18.2 Å². The van der Waals surface area contributed by atoms with Gasteiger partial charge in [-0.15, -0.1) is 0 Å². The molecule has 14 heavy (non-hydrogen) atoms. The van der Waals surface area contributed by atoms with E-state index < -0.39 is 11.6 Å². The summed E-state index contributed by atoms with van der Waals surface area (Å²) in [6.07, 6.45) is 3.11. The second-order valence-electron chi connectivity index (χ2n) is 2.65. The molecule has 2 nitrogen and oxygen atoms in total. The van der Waals surface area contributed by atoms with E-state index in [9.17, 15) is 8.78 Å². The van der Waals surface area contributed by atoms with Gasteiger partial charge >= 0.3 is 0 Å². The lowest BCUT2D eigenvalue weighted by atomic mass is 10.1. The van der Waals surface area contributed by atoms with E-state index in [1.54, 1.807) is 6.08 Å². The van der Waals surface area contributed by atoms with E-state index in [1.165, 1.54) is 19.3 Å². The summed E-state index contributed by atoms with van der Waals surface area (Å²) in [5, 5.41) is 0. The zero-order valence-electron chi connectivity index (χ0n) is 7.76. The second-order valence-corrected chi connectivity index (χ2v) is 2.65. The van der Waals surface area contributed by atoms with Gasteiger partial charge in [0, 0.05) is 18.2 Å². The summed E-state index contributed by atoms with van der Waals surface area (Å²) in [5.74, 6) is -1.33. The Balaban J connectivity index is 3.18. The molecule has 0 radical (unpaired) electrons.